The fourth-order valence-electron chi connectivity index (χ4n) is 1.45. The van der Waals surface area contributed by atoms with Crippen molar-refractivity contribution in [3.8, 4) is 0 Å². The van der Waals surface area contributed by atoms with Crippen molar-refractivity contribution in [1.82, 2.24) is 4.90 Å². The van der Waals surface area contributed by atoms with E-state index in [9.17, 15) is 4.79 Å². The van der Waals surface area contributed by atoms with E-state index in [0.29, 0.717) is 5.56 Å². The van der Waals surface area contributed by atoms with Crippen LogP contribution in [0, 0.1) is 0 Å². The van der Waals surface area contributed by atoms with Crippen LogP contribution in [0.1, 0.15) is 11.1 Å². The number of esters is 1. The van der Waals surface area contributed by atoms with Crippen molar-refractivity contribution in [3.63, 3.8) is 0 Å². The van der Waals surface area contributed by atoms with Crippen LogP contribution >= 0.6 is 0 Å². The van der Waals surface area contributed by atoms with Crippen LogP contribution < -0.4 is 0 Å². The molecule has 90 valence electrons. The lowest BCUT2D eigenvalue weighted by Crippen LogP contribution is -2.18. The van der Waals surface area contributed by atoms with Gasteiger partial charge in [0, 0.05) is 6.54 Å². The standard InChI is InChI=1S/C12H15N3O2/c1-15(2)8-9-4-6-10(7-5-9)11(14-13)12(16)17-3/h4-7H,8H2,1-3H3. The average molecular weight is 233 g/mol. The molecule has 0 N–H and O–H groups in total. The van der Waals surface area contributed by atoms with Crippen molar-refractivity contribution in [2.24, 2.45) is 0 Å². The molecule has 17 heavy (non-hydrogen) atoms. The number of rotatable bonds is 4. The summed E-state index contributed by atoms with van der Waals surface area (Å²) >= 11 is 0. The number of ether oxygens (including phenoxy) is 1. The Bertz CT molecular complexity index is 445. The van der Waals surface area contributed by atoms with Gasteiger partial charge >= 0.3 is 11.7 Å². The Morgan fingerprint density at radius 2 is 1.94 bits per heavy atom. The second kappa shape index (κ2) is 5.94. The van der Waals surface area contributed by atoms with Gasteiger partial charge in [-0.15, -0.1) is 0 Å². The zero-order chi connectivity index (χ0) is 12.8. The van der Waals surface area contributed by atoms with Gasteiger partial charge in [0.05, 0.1) is 12.7 Å². The third-order valence-electron chi connectivity index (χ3n) is 2.20. The Labute approximate surface area is 100 Å². The maximum atomic E-state index is 11.3. The lowest BCUT2D eigenvalue weighted by Gasteiger charge is -2.09. The number of nitrogens with zero attached hydrogens (tertiary/aromatic N) is 3. The molecule has 5 nitrogen and oxygen atoms in total. The number of carbonyl (C=O) groups excluding carboxylic acids is 1. The summed E-state index contributed by atoms with van der Waals surface area (Å²) in [5.74, 6) is -0.659. The van der Waals surface area contributed by atoms with Gasteiger partial charge in [-0.3, -0.25) is 0 Å². The van der Waals surface area contributed by atoms with Crippen LogP contribution in [-0.4, -0.2) is 42.6 Å². The first-order chi connectivity index (χ1) is 8.08. The fraction of sp³-hybridized carbons (Fsp3) is 0.333. The van der Waals surface area contributed by atoms with Gasteiger partial charge in [0.25, 0.3) is 0 Å². The Kier molecular flexibility index (Phi) is 4.57. The van der Waals surface area contributed by atoms with Crippen molar-refractivity contribution < 1.29 is 14.3 Å². The minimum absolute atomic E-state index is 0.0936. The molecule has 0 fully saturated rings. The molecule has 0 amide bonds. The van der Waals surface area contributed by atoms with E-state index in [1.807, 2.05) is 31.1 Å². The normalized spacial score (nSPS) is 9.88. The van der Waals surface area contributed by atoms with Gasteiger partial charge in [0.1, 0.15) is 0 Å². The molecule has 0 saturated carbocycles. The molecule has 0 unspecified atom stereocenters. The van der Waals surface area contributed by atoms with Gasteiger partial charge in [-0.1, -0.05) is 12.1 Å². The molecule has 0 aromatic heterocycles. The summed E-state index contributed by atoms with van der Waals surface area (Å²) in [6.45, 7) is 0.810. The maximum Gasteiger partial charge on any atom is 0.422 e. The van der Waals surface area contributed by atoms with Crippen molar-refractivity contribution in [1.29, 1.82) is 0 Å². The van der Waals surface area contributed by atoms with E-state index < -0.39 is 5.97 Å². The predicted octanol–water partition coefficient (Wildman–Crippen LogP) is 0.940. The molecule has 0 saturated heterocycles. The van der Waals surface area contributed by atoms with Crippen LogP contribution in [0.15, 0.2) is 24.3 Å². The number of hydrogen-bond acceptors (Lipinski definition) is 3. The molecule has 0 atom stereocenters. The monoisotopic (exact) mass is 233 g/mol. The smallest absolute Gasteiger partial charge is 0.422 e. The minimum Gasteiger partial charge on any atom is -0.460 e. The second-order valence-corrected chi connectivity index (χ2v) is 3.87. The minimum atomic E-state index is -0.659. The molecular weight excluding hydrogens is 218 g/mol. The predicted molar refractivity (Wildman–Crippen MR) is 63.6 cm³/mol. The van der Waals surface area contributed by atoms with E-state index in [1.54, 1.807) is 12.1 Å². The lowest BCUT2D eigenvalue weighted by molar-refractivity contribution is -0.137. The molecule has 0 aliphatic carbocycles. The molecule has 0 radical (unpaired) electrons. The summed E-state index contributed by atoms with van der Waals surface area (Å²) in [5.41, 5.74) is 10.3. The Morgan fingerprint density at radius 1 is 1.35 bits per heavy atom. The Morgan fingerprint density at radius 3 is 2.35 bits per heavy atom. The van der Waals surface area contributed by atoms with Crippen molar-refractivity contribution in [2.45, 2.75) is 6.54 Å². The van der Waals surface area contributed by atoms with Crippen LogP contribution in [-0.2, 0) is 16.1 Å². The first-order valence-corrected chi connectivity index (χ1v) is 5.13. The van der Waals surface area contributed by atoms with Crippen LogP contribution in [0.25, 0.3) is 5.53 Å². The van der Waals surface area contributed by atoms with Crippen LogP contribution in [0.4, 0.5) is 0 Å². The first kappa shape index (κ1) is 13.1. The number of benzene rings is 1. The highest BCUT2D eigenvalue weighted by Gasteiger charge is 2.23. The molecular formula is C12H15N3O2. The van der Waals surface area contributed by atoms with Crippen molar-refractivity contribution >= 4 is 11.7 Å². The summed E-state index contributed by atoms with van der Waals surface area (Å²) in [4.78, 5) is 16.3. The molecule has 0 spiro atoms. The largest absolute Gasteiger partial charge is 0.460 e. The molecule has 1 aromatic rings. The molecule has 0 bridgehead atoms. The zero-order valence-electron chi connectivity index (χ0n) is 10.2. The van der Waals surface area contributed by atoms with Crippen molar-refractivity contribution in [3.05, 3.63) is 40.9 Å². The van der Waals surface area contributed by atoms with E-state index in [4.69, 9.17) is 5.53 Å². The lowest BCUT2D eigenvalue weighted by atomic mass is 10.1. The number of methoxy groups -OCH3 is 1. The molecule has 1 aromatic carbocycles. The third-order valence-corrected chi connectivity index (χ3v) is 2.20. The first-order valence-electron chi connectivity index (χ1n) is 5.13. The fourth-order valence-corrected chi connectivity index (χ4v) is 1.45. The van der Waals surface area contributed by atoms with Crippen LogP contribution in [0.3, 0.4) is 0 Å². The second-order valence-electron chi connectivity index (χ2n) is 3.87. The average Bonchev–Trinajstić information content (AvgIpc) is 2.31. The van der Waals surface area contributed by atoms with Crippen LogP contribution in [0.2, 0.25) is 0 Å². The van der Waals surface area contributed by atoms with E-state index in [-0.39, 0.29) is 5.71 Å². The van der Waals surface area contributed by atoms with Crippen molar-refractivity contribution in [2.75, 3.05) is 21.2 Å². The molecule has 0 aliphatic heterocycles. The molecule has 0 aliphatic rings. The maximum absolute atomic E-state index is 11.3. The summed E-state index contributed by atoms with van der Waals surface area (Å²) in [5, 5.41) is 0. The number of hydrogen-bond donors (Lipinski definition) is 0. The SMILES string of the molecule is COC(=O)C(=[N+]=[N-])c1ccc(CN(C)C)cc1. The topological polar surface area (TPSA) is 65.9 Å². The molecule has 5 heteroatoms. The highest BCUT2D eigenvalue weighted by molar-refractivity contribution is 6.40. The molecule has 0 heterocycles. The van der Waals surface area contributed by atoms with Gasteiger partial charge in [0.15, 0.2) is 0 Å². The summed E-state index contributed by atoms with van der Waals surface area (Å²) in [7, 11) is 5.19. The van der Waals surface area contributed by atoms with E-state index in [2.05, 4.69) is 9.53 Å². The highest BCUT2D eigenvalue weighted by atomic mass is 16.5. The summed E-state index contributed by atoms with van der Waals surface area (Å²) in [6, 6.07) is 7.21. The van der Waals surface area contributed by atoms with E-state index >= 15 is 0 Å². The highest BCUT2D eigenvalue weighted by Crippen LogP contribution is 2.07. The van der Waals surface area contributed by atoms with Gasteiger partial charge in [0.2, 0.25) is 0 Å². The van der Waals surface area contributed by atoms with Gasteiger partial charge in [-0.2, -0.15) is 4.79 Å². The third kappa shape index (κ3) is 3.52. The Balaban J connectivity index is 2.94. The van der Waals surface area contributed by atoms with Gasteiger partial charge in [-0.25, -0.2) is 4.79 Å². The van der Waals surface area contributed by atoms with E-state index in [0.717, 1.165) is 12.1 Å². The van der Waals surface area contributed by atoms with Crippen LogP contribution in [0.5, 0.6) is 0 Å². The van der Waals surface area contributed by atoms with E-state index in [1.165, 1.54) is 7.11 Å². The summed E-state index contributed by atoms with van der Waals surface area (Å²) in [6.07, 6.45) is 0. The number of carbonyl (C=O) groups is 1. The van der Waals surface area contributed by atoms with Gasteiger partial charge in [-0.05, 0) is 31.8 Å². The zero-order valence-corrected chi connectivity index (χ0v) is 10.2. The molecule has 1 rings (SSSR count). The summed E-state index contributed by atoms with van der Waals surface area (Å²) < 4.78 is 4.51. The Hall–Kier alpha value is -1.97. The quantitative estimate of drug-likeness (QED) is 0.336. The van der Waals surface area contributed by atoms with Gasteiger partial charge < -0.3 is 15.2 Å².